The predicted octanol–water partition coefficient (Wildman–Crippen LogP) is 3.89. The highest BCUT2D eigenvalue weighted by Crippen LogP contribution is 2.24. The lowest BCUT2D eigenvalue weighted by Crippen LogP contribution is -2.30. The lowest BCUT2D eigenvalue weighted by Gasteiger charge is -2.20. The maximum absolute atomic E-state index is 12.6. The molecule has 0 unspecified atom stereocenters. The topological polar surface area (TPSA) is 50.4 Å². The molecule has 0 bridgehead atoms. The molecule has 2 N–H and O–H groups in total. The number of likely N-dealkylation sites (N-methyl/N-ethyl adjacent to an activating group) is 1. The standard InChI is InChI=1S/C20H26N2O2/c1-20(2,3)15-9-11-16(12-10-15)22-19(23)18(21-4)14-7-6-8-17(13-14)24-5/h6-13,18,21H,1-5H3,(H,22,23)/t18-/m1/s1. The van der Waals surface area contributed by atoms with E-state index in [4.69, 9.17) is 4.74 Å². The maximum Gasteiger partial charge on any atom is 0.246 e. The summed E-state index contributed by atoms with van der Waals surface area (Å²) in [5, 5.41) is 6.02. The summed E-state index contributed by atoms with van der Waals surface area (Å²) in [6.07, 6.45) is 0. The number of rotatable bonds is 5. The van der Waals surface area contributed by atoms with Gasteiger partial charge in [0.2, 0.25) is 5.91 Å². The zero-order valence-electron chi connectivity index (χ0n) is 15.0. The van der Waals surface area contributed by atoms with Crippen molar-refractivity contribution in [1.29, 1.82) is 0 Å². The Balaban J connectivity index is 2.14. The molecule has 4 heteroatoms. The van der Waals surface area contributed by atoms with Crippen LogP contribution in [-0.4, -0.2) is 20.1 Å². The van der Waals surface area contributed by atoms with Crippen molar-refractivity contribution in [1.82, 2.24) is 5.32 Å². The number of anilines is 1. The summed E-state index contributed by atoms with van der Waals surface area (Å²) < 4.78 is 5.23. The summed E-state index contributed by atoms with van der Waals surface area (Å²) in [5.74, 6) is 0.629. The molecule has 2 aromatic carbocycles. The van der Waals surface area contributed by atoms with E-state index in [1.54, 1.807) is 14.2 Å². The van der Waals surface area contributed by atoms with Crippen molar-refractivity contribution in [2.75, 3.05) is 19.5 Å². The largest absolute Gasteiger partial charge is 0.497 e. The molecule has 1 atom stereocenters. The Labute approximate surface area is 144 Å². The van der Waals surface area contributed by atoms with Gasteiger partial charge in [0.15, 0.2) is 0 Å². The number of hydrogen-bond donors (Lipinski definition) is 2. The third kappa shape index (κ3) is 4.36. The Bertz CT molecular complexity index is 688. The number of benzene rings is 2. The minimum Gasteiger partial charge on any atom is -0.497 e. The SMILES string of the molecule is CN[C@@H](C(=O)Nc1ccc(C(C)(C)C)cc1)c1cccc(OC)c1. The monoisotopic (exact) mass is 326 g/mol. The van der Waals surface area contributed by atoms with E-state index in [1.165, 1.54) is 5.56 Å². The molecule has 2 rings (SSSR count). The van der Waals surface area contributed by atoms with E-state index in [0.717, 1.165) is 17.0 Å². The van der Waals surface area contributed by atoms with Crippen molar-refractivity contribution in [3.63, 3.8) is 0 Å². The Morgan fingerprint density at radius 2 is 1.75 bits per heavy atom. The molecule has 0 fully saturated rings. The van der Waals surface area contributed by atoms with Crippen LogP contribution in [0.3, 0.4) is 0 Å². The second kappa shape index (κ2) is 7.49. The van der Waals surface area contributed by atoms with Gasteiger partial charge in [0.05, 0.1) is 7.11 Å². The first-order valence-corrected chi connectivity index (χ1v) is 8.08. The van der Waals surface area contributed by atoms with Crippen LogP contribution in [0.25, 0.3) is 0 Å². The van der Waals surface area contributed by atoms with E-state index in [0.29, 0.717) is 0 Å². The van der Waals surface area contributed by atoms with Gasteiger partial charge in [-0.1, -0.05) is 45.0 Å². The second-order valence-electron chi connectivity index (χ2n) is 6.81. The molecular formula is C20H26N2O2. The Morgan fingerprint density at radius 3 is 2.29 bits per heavy atom. The molecule has 128 valence electrons. The summed E-state index contributed by atoms with van der Waals surface area (Å²) in [5.41, 5.74) is 2.98. The summed E-state index contributed by atoms with van der Waals surface area (Å²) in [6, 6.07) is 15.1. The molecule has 1 amide bonds. The molecule has 0 spiro atoms. The van der Waals surface area contributed by atoms with Crippen LogP contribution in [-0.2, 0) is 10.2 Å². The molecule has 0 heterocycles. The minimum atomic E-state index is -0.442. The van der Waals surface area contributed by atoms with Crippen molar-refractivity contribution in [3.8, 4) is 5.75 Å². The van der Waals surface area contributed by atoms with E-state index in [-0.39, 0.29) is 11.3 Å². The predicted molar refractivity (Wildman–Crippen MR) is 98.6 cm³/mol. The van der Waals surface area contributed by atoms with Crippen LogP contribution in [0, 0.1) is 0 Å². The van der Waals surface area contributed by atoms with Gasteiger partial charge in [0, 0.05) is 5.69 Å². The molecular weight excluding hydrogens is 300 g/mol. The molecule has 0 radical (unpaired) electrons. The number of nitrogens with one attached hydrogen (secondary N) is 2. The van der Waals surface area contributed by atoms with Crippen molar-refractivity contribution in [3.05, 3.63) is 59.7 Å². The van der Waals surface area contributed by atoms with Gasteiger partial charge < -0.3 is 15.4 Å². The van der Waals surface area contributed by atoms with E-state index >= 15 is 0 Å². The van der Waals surface area contributed by atoms with Crippen LogP contribution >= 0.6 is 0 Å². The highest BCUT2D eigenvalue weighted by molar-refractivity contribution is 5.95. The summed E-state index contributed by atoms with van der Waals surface area (Å²) in [7, 11) is 3.39. The van der Waals surface area contributed by atoms with Crippen LogP contribution in [0.4, 0.5) is 5.69 Å². The smallest absolute Gasteiger partial charge is 0.246 e. The first kappa shape index (κ1) is 18.0. The fraction of sp³-hybridized carbons (Fsp3) is 0.350. The van der Waals surface area contributed by atoms with Gasteiger partial charge in [0.25, 0.3) is 0 Å². The molecule has 24 heavy (non-hydrogen) atoms. The van der Waals surface area contributed by atoms with E-state index in [9.17, 15) is 4.79 Å². The number of hydrogen-bond acceptors (Lipinski definition) is 3. The van der Waals surface area contributed by atoms with Crippen LogP contribution in [0.15, 0.2) is 48.5 Å². The van der Waals surface area contributed by atoms with Gasteiger partial charge in [-0.2, -0.15) is 0 Å². The van der Waals surface area contributed by atoms with Crippen molar-refractivity contribution in [2.24, 2.45) is 0 Å². The maximum atomic E-state index is 12.6. The van der Waals surface area contributed by atoms with Gasteiger partial charge in [-0.3, -0.25) is 4.79 Å². The van der Waals surface area contributed by atoms with Crippen LogP contribution in [0.2, 0.25) is 0 Å². The quantitative estimate of drug-likeness (QED) is 0.876. The number of ether oxygens (including phenoxy) is 1. The van der Waals surface area contributed by atoms with Crippen LogP contribution in [0.1, 0.15) is 37.9 Å². The fourth-order valence-electron chi connectivity index (χ4n) is 2.54. The van der Waals surface area contributed by atoms with Gasteiger partial charge >= 0.3 is 0 Å². The Kier molecular flexibility index (Phi) is 5.62. The van der Waals surface area contributed by atoms with Crippen molar-refractivity contribution < 1.29 is 9.53 Å². The molecule has 0 saturated heterocycles. The summed E-state index contributed by atoms with van der Waals surface area (Å²) in [6.45, 7) is 6.50. The van der Waals surface area contributed by atoms with Gasteiger partial charge in [0.1, 0.15) is 11.8 Å². The summed E-state index contributed by atoms with van der Waals surface area (Å²) >= 11 is 0. The number of carbonyl (C=O) groups excluding carboxylic acids is 1. The highest BCUT2D eigenvalue weighted by atomic mass is 16.5. The van der Waals surface area contributed by atoms with E-state index < -0.39 is 6.04 Å². The average Bonchev–Trinajstić information content (AvgIpc) is 2.55. The third-order valence-corrected chi connectivity index (χ3v) is 4.00. The van der Waals surface area contributed by atoms with Gasteiger partial charge in [-0.05, 0) is 47.9 Å². The number of carbonyl (C=O) groups is 1. The Hall–Kier alpha value is -2.33. The second-order valence-corrected chi connectivity index (χ2v) is 6.81. The van der Waals surface area contributed by atoms with Crippen LogP contribution < -0.4 is 15.4 Å². The highest BCUT2D eigenvalue weighted by Gasteiger charge is 2.20. The molecule has 0 aliphatic heterocycles. The summed E-state index contributed by atoms with van der Waals surface area (Å²) in [4.78, 5) is 12.6. The normalized spacial score (nSPS) is 12.5. The molecule has 0 aliphatic carbocycles. The fourth-order valence-corrected chi connectivity index (χ4v) is 2.54. The first-order valence-electron chi connectivity index (χ1n) is 8.08. The minimum absolute atomic E-state index is 0.0939. The van der Waals surface area contributed by atoms with Crippen molar-refractivity contribution in [2.45, 2.75) is 32.2 Å². The van der Waals surface area contributed by atoms with Gasteiger partial charge in [-0.15, -0.1) is 0 Å². The molecule has 0 saturated carbocycles. The molecule has 0 aliphatic rings. The zero-order valence-corrected chi connectivity index (χ0v) is 15.0. The van der Waals surface area contributed by atoms with Crippen LogP contribution in [0.5, 0.6) is 5.75 Å². The molecule has 0 aromatic heterocycles. The molecule has 4 nitrogen and oxygen atoms in total. The Morgan fingerprint density at radius 1 is 1.08 bits per heavy atom. The van der Waals surface area contributed by atoms with Crippen molar-refractivity contribution >= 4 is 11.6 Å². The zero-order chi connectivity index (χ0) is 17.7. The lowest BCUT2D eigenvalue weighted by molar-refractivity contribution is -0.118. The first-order chi connectivity index (χ1) is 11.3. The lowest BCUT2D eigenvalue weighted by atomic mass is 9.87. The van der Waals surface area contributed by atoms with Gasteiger partial charge in [-0.25, -0.2) is 0 Å². The average molecular weight is 326 g/mol. The molecule has 2 aromatic rings. The number of amides is 1. The number of methoxy groups -OCH3 is 1. The third-order valence-electron chi connectivity index (χ3n) is 4.00. The van der Waals surface area contributed by atoms with E-state index in [2.05, 4.69) is 43.5 Å². The van der Waals surface area contributed by atoms with E-state index in [1.807, 2.05) is 36.4 Å².